The number of methoxy groups -OCH3 is 1. The van der Waals surface area contributed by atoms with Gasteiger partial charge in [-0.2, -0.15) is 0 Å². The molecule has 1 aliphatic rings. The topological polar surface area (TPSA) is 42.1 Å². The standard InChI is InChI=1S/C21H21NO2/c1-14-4-7-16(8-5-14)21(10-3-11-21)18-13-22-19-12-15(20(23)24-2)6-9-17(18)19/h4-9,12-13,22H,3,10-11H2,1-2H3. The predicted octanol–water partition coefficient (Wildman–Crippen LogP) is 4.73. The molecule has 3 aromatic rings. The molecule has 0 radical (unpaired) electrons. The quantitative estimate of drug-likeness (QED) is 0.709. The first-order chi connectivity index (χ1) is 11.6. The molecular weight excluding hydrogens is 298 g/mol. The summed E-state index contributed by atoms with van der Waals surface area (Å²) in [6, 6.07) is 14.7. The molecule has 1 aliphatic carbocycles. The Labute approximate surface area is 141 Å². The molecule has 0 bridgehead atoms. The smallest absolute Gasteiger partial charge is 0.337 e. The third kappa shape index (κ3) is 2.15. The van der Waals surface area contributed by atoms with Crippen LogP contribution >= 0.6 is 0 Å². The summed E-state index contributed by atoms with van der Waals surface area (Å²) >= 11 is 0. The molecule has 122 valence electrons. The van der Waals surface area contributed by atoms with Crippen molar-refractivity contribution in [3.8, 4) is 0 Å². The lowest BCUT2D eigenvalue weighted by molar-refractivity contribution is 0.0601. The fourth-order valence-electron chi connectivity index (χ4n) is 3.88. The minimum absolute atomic E-state index is 0.0960. The van der Waals surface area contributed by atoms with Crippen LogP contribution in [0.5, 0.6) is 0 Å². The maximum atomic E-state index is 11.7. The van der Waals surface area contributed by atoms with Crippen LogP contribution in [0, 0.1) is 6.92 Å². The molecule has 1 heterocycles. The van der Waals surface area contributed by atoms with E-state index >= 15 is 0 Å². The summed E-state index contributed by atoms with van der Waals surface area (Å²) in [5.74, 6) is -0.301. The van der Waals surface area contributed by atoms with Crippen LogP contribution in [0.4, 0.5) is 0 Å². The molecule has 4 rings (SSSR count). The zero-order valence-corrected chi connectivity index (χ0v) is 14.1. The van der Waals surface area contributed by atoms with Gasteiger partial charge >= 0.3 is 5.97 Å². The van der Waals surface area contributed by atoms with Gasteiger partial charge in [0.25, 0.3) is 0 Å². The maximum Gasteiger partial charge on any atom is 0.337 e. The number of aryl methyl sites for hydroxylation is 1. The number of aromatic amines is 1. The van der Waals surface area contributed by atoms with Crippen molar-refractivity contribution in [2.24, 2.45) is 0 Å². The van der Waals surface area contributed by atoms with Crippen molar-refractivity contribution in [3.05, 3.63) is 70.9 Å². The highest BCUT2D eigenvalue weighted by Gasteiger charge is 2.41. The van der Waals surface area contributed by atoms with Gasteiger partial charge in [0.2, 0.25) is 0 Å². The Hall–Kier alpha value is -2.55. The molecule has 3 nitrogen and oxygen atoms in total. The number of fused-ring (bicyclic) bond motifs is 1. The first-order valence-electron chi connectivity index (χ1n) is 8.41. The molecule has 0 aliphatic heterocycles. The van der Waals surface area contributed by atoms with E-state index in [2.05, 4.69) is 42.4 Å². The number of nitrogens with one attached hydrogen (secondary N) is 1. The third-order valence-electron chi connectivity index (χ3n) is 5.43. The molecule has 0 unspecified atom stereocenters. The Morgan fingerprint density at radius 2 is 1.88 bits per heavy atom. The van der Waals surface area contributed by atoms with Crippen LogP contribution in [0.25, 0.3) is 10.9 Å². The highest BCUT2D eigenvalue weighted by atomic mass is 16.5. The second-order valence-corrected chi connectivity index (χ2v) is 6.76. The predicted molar refractivity (Wildman–Crippen MR) is 95.4 cm³/mol. The van der Waals surface area contributed by atoms with Gasteiger partial charge < -0.3 is 9.72 Å². The SMILES string of the molecule is COC(=O)c1ccc2c(C3(c4ccc(C)cc4)CCC3)c[nH]c2c1. The Kier molecular flexibility index (Phi) is 3.45. The van der Waals surface area contributed by atoms with Crippen LogP contribution in [0.1, 0.15) is 46.3 Å². The number of ether oxygens (including phenoxy) is 1. The summed E-state index contributed by atoms with van der Waals surface area (Å²) < 4.78 is 4.82. The Bertz CT molecular complexity index is 901. The average Bonchev–Trinajstić information content (AvgIpc) is 2.98. The van der Waals surface area contributed by atoms with Gasteiger partial charge in [-0.1, -0.05) is 42.3 Å². The molecule has 1 saturated carbocycles. The van der Waals surface area contributed by atoms with Crippen molar-refractivity contribution in [2.45, 2.75) is 31.6 Å². The van der Waals surface area contributed by atoms with Crippen LogP contribution in [-0.2, 0) is 10.2 Å². The van der Waals surface area contributed by atoms with Crippen molar-refractivity contribution in [1.82, 2.24) is 4.98 Å². The van der Waals surface area contributed by atoms with Gasteiger partial charge in [0.1, 0.15) is 0 Å². The lowest BCUT2D eigenvalue weighted by atomic mass is 9.60. The van der Waals surface area contributed by atoms with Gasteiger partial charge in [0.15, 0.2) is 0 Å². The van der Waals surface area contributed by atoms with Crippen molar-refractivity contribution in [3.63, 3.8) is 0 Å². The van der Waals surface area contributed by atoms with E-state index in [0.717, 1.165) is 5.52 Å². The summed E-state index contributed by atoms with van der Waals surface area (Å²) in [4.78, 5) is 15.1. The highest BCUT2D eigenvalue weighted by Crippen LogP contribution is 2.51. The molecule has 0 amide bonds. The molecule has 0 saturated heterocycles. The summed E-state index contributed by atoms with van der Waals surface area (Å²) in [7, 11) is 1.41. The lowest BCUT2D eigenvalue weighted by Crippen LogP contribution is -2.35. The normalized spacial score (nSPS) is 15.9. The van der Waals surface area contributed by atoms with Crippen molar-refractivity contribution in [2.75, 3.05) is 7.11 Å². The van der Waals surface area contributed by atoms with Gasteiger partial charge in [-0.25, -0.2) is 4.79 Å². The molecule has 24 heavy (non-hydrogen) atoms. The van der Waals surface area contributed by atoms with Gasteiger partial charge in [0.05, 0.1) is 12.7 Å². The third-order valence-corrected chi connectivity index (χ3v) is 5.43. The van der Waals surface area contributed by atoms with Crippen molar-refractivity contribution < 1.29 is 9.53 Å². The first kappa shape index (κ1) is 15.0. The average molecular weight is 319 g/mol. The van der Waals surface area contributed by atoms with E-state index in [1.54, 1.807) is 0 Å². The Morgan fingerprint density at radius 3 is 2.50 bits per heavy atom. The molecule has 1 fully saturated rings. The Balaban J connectivity index is 1.83. The lowest BCUT2D eigenvalue weighted by Gasteiger charge is -2.42. The van der Waals surface area contributed by atoms with Crippen LogP contribution in [-0.4, -0.2) is 18.1 Å². The van der Waals surface area contributed by atoms with E-state index in [-0.39, 0.29) is 11.4 Å². The summed E-state index contributed by atoms with van der Waals surface area (Å²) in [5.41, 5.74) is 5.68. The van der Waals surface area contributed by atoms with Crippen molar-refractivity contribution >= 4 is 16.9 Å². The number of carbonyl (C=O) groups is 1. The number of aromatic nitrogens is 1. The molecule has 1 N–H and O–H groups in total. The maximum absolute atomic E-state index is 11.7. The number of hydrogen-bond acceptors (Lipinski definition) is 2. The number of carbonyl (C=O) groups excluding carboxylic acids is 1. The number of esters is 1. The fourth-order valence-corrected chi connectivity index (χ4v) is 3.88. The zero-order valence-electron chi connectivity index (χ0n) is 14.1. The molecule has 0 spiro atoms. The zero-order chi connectivity index (χ0) is 16.7. The van der Waals surface area contributed by atoms with E-state index in [0.29, 0.717) is 5.56 Å². The van der Waals surface area contributed by atoms with Gasteiger partial charge in [-0.05, 0) is 43.0 Å². The second-order valence-electron chi connectivity index (χ2n) is 6.76. The summed E-state index contributed by atoms with van der Waals surface area (Å²) in [6.45, 7) is 2.12. The monoisotopic (exact) mass is 319 g/mol. The van der Waals surface area contributed by atoms with Crippen LogP contribution in [0.15, 0.2) is 48.7 Å². The van der Waals surface area contributed by atoms with Crippen LogP contribution in [0.2, 0.25) is 0 Å². The molecule has 0 atom stereocenters. The molecular formula is C21H21NO2. The largest absolute Gasteiger partial charge is 0.465 e. The summed E-state index contributed by atoms with van der Waals surface area (Å²) in [5, 5.41) is 1.20. The van der Waals surface area contributed by atoms with Gasteiger partial charge in [0, 0.05) is 22.5 Å². The first-order valence-corrected chi connectivity index (χ1v) is 8.41. The number of rotatable bonds is 3. The number of H-pyrrole nitrogens is 1. The number of benzene rings is 2. The van der Waals surface area contributed by atoms with E-state index in [1.165, 1.54) is 48.4 Å². The minimum atomic E-state index is -0.301. The van der Waals surface area contributed by atoms with Crippen LogP contribution in [0.3, 0.4) is 0 Å². The van der Waals surface area contributed by atoms with E-state index in [9.17, 15) is 4.79 Å². The minimum Gasteiger partial charge on any atom is -0.465 e. The fraction of sp³-hybridized carbons (Fsp3) is 0.286. The van der Waals surface area contributed by atoms with E-state index in [4.69, 9.17) is 4.74 Å². The highest BCUT2D eigenvalue weighted by molar-refractivity contribution is 5.95. The Morgan fingerprint density at radius 1 is 1.12 bits per heavy atom. The summed E-state index contributed by atoms with van der Waals surface area (Å²) in [6.07, 6.45) is 5.70. The number of hydrogen-bond donors (Lipinski definition) is 1. The van der Waals surface area contributed by atoms with E-state index in [1.807, 2.05) is 18.2 Å². The van der Waals surface area contributed by atoms with Crippen molar-refractivity contribution in [1.29, 1.82) is 0 Å². The molecule has 3 heteroatoms. The molecule has 2 aromatic carbocycles. The van der Waals surface area contributed by atoms with Gasteiger partial charge in [-0.3, -0.25) is 0 Å². The van der Waals surface area contributed by atoms with Gasteiger partial charge in [-0.15, -0.1) is 0 Å². The molecule has 1 aromatic heterocycles. The van der Waals surface area contributed by atoms with E-state index < -0.39 is 0 Å². The second kappa shape index (κ2) is 5.52. The van der Waals surface area contributed by atoms with Crippen LogP contribution < -0.4 is 0 Å².